The van der Waals surface area contributed by atoms with Crippen molar-refractivity contribution in [1.29, 1.82) is 0 Å². The summed E-state index contributed by atoms with van der Waals surface area (Å²) in [5.74, 6) is -1.85. The topological polar surface area (TPSA) is 74.7 Å². The number of rotatable bonds is 3. The van der Waals surface area contributed by atoms with E-state index in [0.29, 0.717) is 6.42 Å². The quantitative estimate of drug-likeness (QED) is 0.918. The van der Waals surface area contributed by atoms with Crippen molar-refractivity contribution in [3.63, 3.8) is 0 Å². The summed E-state index contributed by atoms with van der Waals surface area (Å²) in [6, 6.07) is 3.36. The molecule has 1 amide bonds. The van der Waals surface area contributed by atoms with E-state index in [9.17, 15) is 27.0 Å². The summed E-state index contributed by atoms with van der Waals surface area (Å²) in [4.78, 5) is 23.4. The lowest BCUT2D eigenvalue weighted by molar-refractivity contribution is -0.146. The summed E-state index contributed by atoms with van der Waals surface area (Å²) < 4.78 is 48.4. The van der Waals surface area contributed by atoms with E-state index in [1.54, 1.807) is 0 Å². The van der Waals surface area contributed by atoms with Crippen LogP contribution in [-0.2, 0) is 15.6 Å². The number of nitrogens with zero attached hydrogens (tertiary/aromatic N) is 1. The smallest absolute Gasteiger partial charge is 0.475 e. The normalized spacial score (nSPS) is 19.8. The molecule has 1 saturated heterocycles. The molecule has 1 aromatic carbocycles. The Morgan fingerprint density at radius 1 is 1.33 bits per heavy atom. The van der Waals surface area contributed by atoms with Crippen LogP contribution in [-0.4, -0.2) is 44.2 Å². The molecular formula is C12H10F3NO4S. The van der Waals surface area contributed by atoms with Gasteiger partial charge < -0.3 is 10.0 Å². The van der Waals surface area contributed by atoms with Crippen LogP contribution in [0, 0.1) is 0 Å². The lowest BCUT2D eigenvalue weighted by atomic mass is 10.0. The van der Waals surface area contributed by atoms with Gasteiger partial charge in [0.15, 0.2) is 10.8 Å². The summed E-state index contributed by atoms with van der Waals surface area (Å²) in [5.41, 5.74) is -5.03. The van der Waals surface area contributed by atoms with E-state index in [4.69, 9.17) is 5.11 Å². The molecule has 0 bridgehead atoms. The number of alkyl halides is 3. The minimum absolute atomic E-state index is 0.115. The van der Waals surface area contributed by atoms with Gasteiger partial charge >= 0.3 is 11.5 Å². The van der Waals surface area contributed by atoms with Crippen LogP contribution < -0.4 is 0 Å². The highest BCUT2D eigenvalue weighted by Gasteiger charge is 2.40. The van der Waals surface area contributed by atoms with Gasteiger partial charge in [-0.3, -0.25) is 4.79 Å². The molecular weight excluding hydrogens is 311 g/mol. The van der Waals surface area contributed by atoms with E-state index in [2.05, 4.69) is 0 Å². The van der Waals surface area contributed by atoms with E-state index < -0.39 is 39.1 Å². The Bertz CT molecular complexity index is 617. The second-order valence-corrected chi connectivity index (χ2v) is 5.86. The number of likely N-dealkylation sites (tertiary alicyclic amines) is 1. The molecule has 1 fully saturated rings. The lowest BCUT2D eigenvalue weighted by Gasteiger charge is -2.38. The molecule has 0 spiro atoms. The number of carbonyl (C=O) groups is 2. The molecule has 1 aliphatic heterocycles. The lowest BCUT2D eigenvalue weighted by Crippen LogP contribution is -2.55. The number of carboxylic acids is 1. The highest BCUT2D eigenvalue weighted by atomic mass is 32.2. The Kier molecular flexibility index (Phi) is 4.04. The van der Waals surface area contributed by atoms with Gasteiger partial charge in [0.2, 0.25) is 0 Å². The second-order valence-electron chi connectivity index (χ2n) is 4.38. The Morgan fingerprint density at radius 2 is 2.00 bits per heavy atom. The standard InChI is InChI=1S/C12H10F3NO4S/c13-12(14,15)21(20)8-3-1-2-7(6-8)10(17)16-5-4-9(16)11(18)19/h1-3,6,9H,4-5H2,(H,18,19)/t9-,21?/m1/s1. The van der Waals surface area contributed by atoms with Crippen LogP contribution in [0.15, 0.2) is 29.2 Å². The molecule has 5 nitrogen and oxygen atoms in total. The van der Waals surface area contributed by atoms with Gasteiger partial charge in [-0.05, 0) is 24.6 Å². The van der Waals surface area contributed by atoms with Gasteiger partial charge in [-0.1, -0.05) is 6.07 Å². The third kappa shape index (κ3) is 3.07. The van der Waals surface area contributed by atoms with Crippen molar-refractivity contribution in [1.82, 2.24) is 4.90 Å². The van der Waals surface area contributed by atoms with Crippen LogP contribution in [0.25, 0.3) is 0 Å². The fourth-order valence-corrected chi connectivity index (χ4v) is 2.63. The highest BCUT2D eigenvalue weighted by molar-refractivity contribution is 7.86. The summed E-state index contributed by atoms with van der Waals surface area (Å²) in [7, 11) is -3.23. The van der Waals surface area contributed by atoms with Crippen LogP contribution >= 0.6 is 0 Å². The third-order valence-corrected chi connectivity index (χ3v) is 4.17. The minimum Gasteiger partial charge on any atom is -0.480 e. The molecule has 1 aromatic rings. The first-order valence-corrected chi connectivity index (χ1v) is 6.99. The van der Waals surface area contributed by atoms with Gasteiger partial charge in [-0.15, -0.1) is 0 Å². The monoisotopic (exact) mass is 321 g/mol. The number of carboxylic acid groups (broad SMARTS) is 1. The molecule has 0 aliphatic carbocycles. The fraction of sp³-hybridized carbons (Fsp3) is 0.333. The number of hydrogen-bond donors (Lipinski definition) is 1. The van der Waals surface area contributed by atoms with Crippen molar-refractivity contribution < 1.29 is 32.1 Å². The zero-order valence-electron chi connectivity index (χ0n) is 10.5. The summed E-state index contributed by atoms with van der Waals surface area (Å²) in [5, 5.41) is 8.86. The summed E-state index contributed by atoms with van der Waals surface area (Å²) in [6.45, 7) is 0.225. The van der Waals surface area contributed by atoms with Crippen molar-refractivity contribution in [2.24, 2.45) is 0 Å². The Hall–Kier alpha value is -1.90. The third-order valence-electron chi connectivity index (χ3n) is 3.07. The van der Waals surface area contributed by atoms with Crippen LogP contribution in [0.4, 0.5) is 13.2 Å². The number of aliphatic carboxylic acids is 1. The molecule has 1 aliphatic rings. The number of halogens is 3. The molecule has 1 unspecified atom stereocenters. The van der Waals surface area contributed by atoms with Crippen molar-refractivity contribution in [2.75, 3.05) is 6.54 Å². The predicted molar refractivity (Wildman–Crippen MR) is 66.0 cm³/mol. The molecule has 1 N–H and O–H groups in total. The molecule has 0 aromatic heterocycles. The predicted octanol–water partition coefficient (Wildman–Crippen LogP) is 1.61. The molecule has 21 heavy (non-hydrogen) atoms. The zero-order valence-corrected chi connectivity index (χ0v) is 11.3. The van der Waals surface area contributed by atoms with Gasteiger partial charge in [-0.25, -0.2) is 9.00 Å². The molecule has 114 valence electrons. The molecule has 0 saturated carbocycles. The maximum atomic E-state index is 12.4. The van der Waals surface area contributed by atoms with Crippen molar-refractivity contribution in [2.45, 2.75) is 22.9 Å². The van der Waals surface area contributed by atoms with Gasteiger partial charge in [0.1, 0.15) is 6.04 Å². The molecule has 2 rings (SSSR count). The van der Waals surface area contributed by atoms with Crippen molar-refractivity contribution in [3.8, 4) is 0 Å². The second kappa shape index (κ2) is 5.47. The number of hydrogen-bond acceptors (Lipinski definition) is 3. The average Bonchev–Trinajstić information content (AvgIpc) is 2.34. The van der Waals surface area contributed by atoms with E-state index in [1.165, 1.54) is 12.1 Å². The number of carbonyl (C=O) groups excluding carboxylic acids is 1. The van der Waals surface area contributed by atoms with Crippen molar-refractivity contribution in [3.05, 3.63) is 29.8 Å². The zero-order chi connectivity index (χ0) is 15.8. The molecule has 9 heteroatoms. The average molecular weight is 321 g/mol. The van der Waals surface area contributed by atoms with E-state index >= 15 is 0 Å². The largest absolute Gasteiger partial charge is 0.480 e. The number of benzene rings is 1. The van der Waals surface area contributed by atoms with Crippen LogP contribution in [0.5, 0.6) is 0 Å². The minimum atomic E-state index is -4.91. The van der Waals surface area contributed by atoms with Crippen LogP contribution in [0.2, 0.25) is 0 Å². The highest BCUT2D eigenvalue weighted by Crippen LogP contribution is 2.27. The molecule has 1 heterocycles. The Balaban J connectivity index is 2.24. The van der Waals surface area contributed by atoms with Crippen molar-refractivity contribution >= 4 is 22.7 Å². The van der Waals surface area contributed by atoms with Gasteiger partial charge in [-0.2, -0.15) is 13.2 Å². The number of amides is 1. The van der Waals surface area contributed by atoms with E-state index in [0.717, 1.165) is 17.0 Å². The van der Waals surface area contributed by atoms with Gasteiger partial charge in [0.05, 0.1) is 0 Å². The summed E-state index contributed by atoms with van der Waals surface area (Å²) >= 11 is 0. The molecule has 0 radical (unpaired) electrons. The van der Waals surface area contributed by atoms with E-state index in [-0.39, 0.29) is 12.1 Å². The summed E-state index contributed by atoms with van der Waals surface area (Å²) in [6.07, 6.45) is 0.301. The first-order chi connectivity index (χ1) is 9.71. The van der Waals surface area contributed by atoms with Crippen LogP contribution in [0.1, 0.15) is 16.8 Å². The van der Waals surface area contributed by atoms with E-state index in [1.807, 2.05) is 0 Å². The molecule has 2 atom stereocenters. The Morgan fingerprint density at radius 3 is 2.48 bits per heavy atom. The van der Waals surface area contributed by atoms with Gasteiger partial charge in [0, 0.05) is 17.0 Å². The Labute approximate surface area is 119 Å². The maximum Gasteiger partial charge on any atom is 0.475 e. The maximum absolute atomic E-state index is 12.4. The van der Waals surface area contributed by atoms with Crippen LogP contribution in [0.3, 0.4) is 0 Å². The first kappa shape index (κ1) is 15.5. The fourth-order valence-electron chi connectivity index (χ4n) is 1.93. The first-order valence-electron chi connectivity index (χ1n) is 5.84. The van der Waals surface area contributed by atoms with Gasteiger partial charge in [0.25, 0.3) is 5.91 Å². The SMILES string of the molecule is O=C(O)[C@H]1CCN1C(=O)c1cccc(S(=O)C(F)(F)F)c1.